The summed E-state index contributed by atoms with van der Waals surface area (Å²) in [7, 11) is 0. The number of anilines is 1. The van der Waals surface area contributed by atoms with Gasteiger partial charge in [-0.2, -0.15) is 5.10 Å². The minimum absolute atomic E-state index is 0.0708. The van der Waals surface area contributed by atoms with Gasteiger partial charge in [-0.25, -0.2) is 5.43 Å². The Bertz CT molecular complexity index is 1000. The van der Waals surface area contributed by atoms with Crippen LogP contribution >= 0.6 is 0 Å². The Kier molecular flexibility index (Phi) is 7.33. The minimum atomic E-state index is -0.318. The van der Waals surface area contributed by atoms with Crippen molar-refractivity contribution in [2.24, 2.45) is 5.10 Å². The predicted molar refractivity (Wildman–Crippen MR) is 117 cm³/mol. The van der Waals surface area contributed by atoms with Crippen LogP contribution in [0.5, 0.6) is 5.75 Å². The molecular weight excluding hydrogens is 378 g/mol. The highest BCUT2D eigenvalue weighted by Gasteiger charge is 2.07. The fourth-order valence-electron chi connectivity index (χ4n) is 2.65. The molecule has 0 fully saturated rings. The highest BCUT2D eigenvalue weighted by molar-refractivity contribution is 6.06. The molecule has 0 aliphatic heterocycles. The van der Waals surface area contributed by atoms with Crippen molar-refractivity contribution >= 4 is 23.2 Å². The molecular formula is C24H23N3O3. The minimum Gasteiger partial charge on any atom is -0.489 e. The second-order valence-corrected chi connectivity index (χ2v) is 6.68. The van der Waals surface area contributed by atoms with Gasteiger partial charge in [0.15, 0.2) is 0 Å². The number of rotatable bonds is 8. The molecule has 3 rings (SSSR count). The molecule has 2 N–H and O–H groups in total. The van der Waals surface area contributed by atoms with E-state index in [9.17, 15) is 9.59 Å². The van der Waals surface area contributed by atoms with Gasteiger partial charge in [-0.3, -0.25) is 9.59 Å². The molecule has 0 saturated carbocycles. The zero-order valence-corrected chi connectivity index (χ0v) is 16.7. The lowest BCUT2D eigenvalue weighted by Crippen LogP contribution is -2.21. The second-order valence-electron chi connectivity index (χ2n) is 6.68. The first-order valence-corrected chi connectivity index (χ1v) is 9.55. The number of amides is 2. The van der Waals surface area contributed by atoms with Crippen LogP contribution in [0.15, 0.2) is 90.0 Å². The molecule has 3 aromatic carbocycles. The van der Waals surface area contributed by atoms with E-state index in [-0.39, 0.29) is 18.2 Å². The van der Waals surface area contributed by atoms with E-state index >= 15 is 0 Å². The smallest absolute Gasteiger partial charge is 0.271 e. The lowest BCUT2D eigenvalue weighted by molar-refractivity contribution is -0.115. The van der Waals surface area contributed by atoms with E-state index < -0.39 is 0 Å². The maximum atomic E-state index is 12.2. The van der Waals surface area contributed by atoms with Crippen LogP contribution < -0.4 is 15.5 Å². The molecule has 0 aromatic heterocycles. The molecule has 0 aliphatic carbocycles. The van der Waals surface area contributed by atoms with Crippen molar-refractivity contribution in [1.82, 2.24) is 5.43 Å². The molecule has 0 saturated heterocycles. The molecule has 0 spiro atoms. The van der Waals surface area contributed by atoms with E-state index in [0.29, 0.717) is 23.6 Å². The molecule has 0 radical (unpaired) electrons. The summed E-state index contributed by atoms with van der Waals surface area (Å²) in [4.78, 5) is 24.2. The van der Waals surface area contributed by atoms with Crippen LogP contribution in [-0.4, -0.2) is 17.5 Å². The first-order chi connectivity index (χ1) is 14.6. The fraction of sp³-hybridized carbons (Fsp3) is 0.125. The van der Waals surface area contributed by atoms with Crippen molar-refractivity contribution in [3.63, 3.8) is 0 Å². The standard InChI is InChI=1S/C24H23N3O3/c1-18(26-27-24(29)20-10-6-3-7-11-20)16-23(28)25-21-12-14-22(15-13-21)30-17-19-8-4-2-5-9-19/h2-15H,16-17H2,1H3,(H,25,28)(H,27,29). The molecule has 0 atom stereocenters. The summed E-state index contributed by atoms with van der Waals surface area (Å²) in [6.45, 7) is 2.17. The largest absolute Gasteiger partial charge is 0.489 e. The maximum Gasteiger partial charge on any atom is 0.271 e. The first kappa shape index (κ1) is 20.8. The Morgan fingerprint density at radius 2 is 1.50 bits per heavy atom. The van der Waals surface area contributed by atoms with Gasteiger partial charge >= 0.3 is 0 Å². The molecule has 6 heteroatoms. The number of nitrogens with one attached hydrogen (secondary N) is 2. The van der Waals surface area contributed by atoms with Gasteiger partial charge < -0.3 is 10.1 Å². The summed E-state index contributed by atoms with van der Waals surface area (Å²) in [5, 5.41) is 6.79. The van der Waals surface area contributed by atoms with Crippen molar-refractivity contribution < 1.29 is 14.3 Å². The van der Waals surface area contributed by atoms with E-state index in [1.165, 1.54) is 0 Å². The third-order valence-corrected chi connectivity index (χ3v) is 4.19. The van der Waals surface area contributed by atoms with E-state index in [4.69, 9.17) is 4.74 Å². The summed E-state index contributed by atoms with van der Waals surface area (Å²) >= 11 is 0. The van der Waals surface area contributed by atoms with Gasteiger partial charge in [0, 0.05) is 17.0 Å². The maximum absolute atomic E-state index is 12.2. The topological polar surface area (TPSA) is 79.8 Å². The quantitative estimate of drug-likeness (QED) is 0.434. The number of hydrogen-bond acceptors (Lipinski definition) is 4. The molecule has 0 aliphatic rings. The molecule has 152 valence electrons. The molecule has 30 heavy (non-hydrogen) atoms. The lowest BCUT2D eigenvalue weighted by atomic mass is 10.2. The molecule has 2 amide bonds. The molecule has 0 bridgehead atoms. The Balaban J connectivity index is 1.45. The van der Waals surface area contributed by atoms with Crippen LogP contribution in [-0.2, 0) is 11.4 Å². The van der Waals surface area contributed by atoms with E-state index in [1.807, 2.05) is 36.4 Å². The average Bonchev–Trinajstić information content (AvgIpc) is 2.78. The normalized spacial score (nSPS) is 10.9. The predicted octanol–water partition coefficient (Wildman–Crippen LogP) is 4.40. The van der Waals surface area contributed by atoms with Crippen LogP contribution in [0.2, 0.25) is 0 Å². The van der Waals surface area contributed by atoms with E-state index in [0.717, 1.165) is 11.3 Å². The Morgan fingerprint density at radius 3 is 2.17 bits per heavy atom. The van der Waals surface area contributed by atoms with Crippen molar-refractivity contribution in [3.8, 4) is 5.75 Å². The highest BCUT2D eigenvalue weighted by Crippen LogP contribution is 2.17. The van der Waals surface area contributed by atoms with Crippen molar-refractivity contribution in [2.45, 2.75) is 20.0 Å². The molecule has 0 unspecified atom stereocenters. The van der Waals surface area contributed by atoms with Gasteiger partial charge in [0.2, 0.25) is 5.91 Å². The summed E-state index contributed by atoms with van der Waals surface area (Å²) in [6, 6.07) is 25.8. The summed E-state index contributed by atoms with van der Waals surface area (Å²) in [5.41, 5.74) is 5.21. The third kappa shape index (κ3) is 6.60. The third-order valence-electron chi connectivity index (χ3n) is 4.19. The average molecular weight is 401 g/mol. The summed E-state index contributed by atoms with van der Waals surface area (Å²) in [6.07, 6.45) is 0.0708. The number of carbonyl (C=O) groups is 2. The lowest BCUT2D eigenvalue weighted by Gasteiger charge is -2.09. The van der Waals surface area contributed by atoms with Gasteiger partial charge in [0.05, 0.1) is 6.42 Å². The number of ether oxygens (including phenoxy) is 1. The number of carbonyl (C=O) groups excluding carboxylic acids is 2. The van der Waals surface area contributed by atoms with Gasteiger partial charge in [-0.05, 0) is 48.9 Å². The van der Waals surface area contributed by atoms with Crippen LogP contribution in [0.1, 0.15) is 29.3 Å². The van der Waals surface area contributed by atoms with Crippen molar-refractivity contribution in [1.29, 1.82) is 0 Å². The Hall–Kier alpha value is -3.93. The Morgan fingerprint density at radius 1 is 0.867 bits per heavy atom. The highest BCUT2D eigenvalue weighted by atomic mass is 16.5. The van der Waals surface area contributed by atoms with Crippen LogP contribution in [0.4, 0.5) is 5.69 Å². The zero-order chi connectivity index (χ0) is 21.2. The SMILES string of the molecule is CC(CC(=O)Nc1ccc(OCc2ccccc2)cc1)=NNC(=O)c1ccccc1. The molecule has 0 heterocycles. The number of hydrazone groups is 1. The summed E-state index contributed by atoms with van der Waals surface area (Å²) in [5.74, 6) is 0.183. The van der Waals surface area contributed by atoms with Crippen LogP contribution in [0.3, 0.4) is 0 Å². The van der Waals surface area contributed by atoms with Gasteiger partial charge in [-0.15, -0.1) is 0 Å². The first-order valence-electron chi connectivity index (χ1n) is 9.55. The molecule has 3 aromatic rings. The monoisotopic (exact) mass is 401 g/mol. The number of hydrogen-bond donors (Lipinski definition) is 2. The van der Waals surface area contributed by atoms with Crippen LogP contribution in [0.25, 0.3) is 0 Å². The Labute approximate surface area is 175 Å². The molecule has 6 nitrogen and oxygen atoms in total. The fourth-order valence-corrected chi connectivity index (χ4v) is 2.65. The van der Waals surface area contributed by atoms with E-state index in [1.54, 1.807) is 55.5 Å². The summed E-state index contributed by atoms with van der Waals surface area (Å²) < 4.78 is 5.74. The number of nitrogens with zero attached hydrogens (tertiary/aromatic N) is 1. The number of benzene rings is 3. The van der Waals surface area contributed by atoms with Gasteiger partial charge in [0.1, 0.15) is 12.4 Å². The van der Waals surface area contributed by atoms with Gasteiger partial charge in [0.25, 0.3) is 5.91 Å². The van der Waals surface area contributed by atoms with Crippen molar-refractivity contribution in [2.75, 3.05) is 5.32 Å². The zero-order valence-electron chi connectivity index (χ0n) is 16.7. The van der Waals surface area contributed by atoms with Crippen LogP contribution in [0, 0.1) is 0 Å². The van der Waals surface area contributed by atoms with Gasteiger partial charge in [-0.1, -0.05) is 48.5 Å². The van der Waals surface area contributed by atoms with E-state index in [2.05, 4.69) is 15.8 Å². The van der Waals surface area contributed by atoms with Crippen molar-refractivity contribution in [3.05, 3.63) is 96.1 Å². The second kappa shape index (κ2) is 10.6.